The molecule has 1 amide bonds. The number of pyridine rings is 1. The molecule has 1 heterocycles. The number of carbonyl (C=O) groups excluding carboxylic acids is 1. The van der Waals surface area contributed by atoms with Crippen molar-refractivity contribution in [2.24, 2.45) is 0 Å². The third-order valence-electron chi connectivity index (χ3n) is 3.14. The smallest absolute Gasteiger partial charge is 0.225 e. The van der Waals surface area contributed by atoms with Crippen LogP contribution in [0.3, 0.4) is 0 Å². The lowest BCUT2D eigenvalue weighted by Gasteiger charge is -2.08. The number of nitrogens with one attached hydrogen (secondary N) is 1. The summed E-state index contributed by atoms with van der Waals surface area (Å²) in [6, 6.07) is 11.1. The van der Waals surface area contributed by atoms with E-state index in [2.05, 4.69) is 10.3 Å². The van der Waals surface area contributed by atoms with Gasteiger partial charge in [0, 0.05) is 29.8 Å². The number of hydrogen-bond donors (Lipinski definition) is 1. The molecular weight excluding hydrogens is 332 g/mol. The number of aryl methyl sites for hydroxylation is 1. The van der Waals surface area contributed by atoms with Crippen molar-refractivity contribution in [3.63, 3.8) is 0 Å². The van der Waals surface area contributed by atoms with Gasteiger partial charge in [-0.3, -0.25) is 9.78 Å². The first kappa shape index (κ1) is 17.6. The van der Waals surface area contributed by atoms with E-state index in [-0.39, 0.29) is 5.91 Å². The molecule has 2 aromatic rings. The van der Waals surface area contributed by atoms with Gasteiger partial charge in [0.05, 0.1) is 12.1 Å². The van der Waals surface area contributed by atoms with Gasteiger partial charge in [0.15, 0.2) is 0 Å². The van der Waals surface area contributed by atoms with E-state index in [9.17, 15) is 4.79 Å². The molecule has 23 heavy (non-hydrogen) atoms. The summed E-state index contributed by atoms with van der Waals surface area (Å²) in [4.78, 5) is 16.2. The fraction of sp³-hybridized carbons (Fsp3) is 0.294. The number of aromatic nitrogens is 1. The Morgan fingerprint density at radius 3 is 2.87 bits per heavy atom. The van der Waals surface area contributed by atoms with Crippen molar-refractivity contribution in [1.82, 2.24) is 4.98 Å². The number of halogens is 1. The summed E-state index contributed by atoms with van der Waals surface area (Å²) in [7, 11) is 1.56. The Morgan fingerprint density at radius 1 is 1.30 bits per heavy atom. The minimum Gasteiger partial charge on any atom is -0.495 e. The Labute approximate surface area is 145 Å². The first-order valence-electron chi connectivity index (χ1n) is 7.30. The summed E-state index contributed by atoms with van der Waals surface area (Å²) >= 11 is 7.78. The summed E-state index contributed by atoms with van der Waals surface area (Å²) < 4.78 is 5.08. The van der Waals surface area contributed by atoms with Crippen molar-refractivity contribution in [1.29, 1.82) is 0 Å². The number of hydrogen-bond acceptors (Lipinski definition) is 4. The van der Waals surface area contributed by atoms with Crippen LogP contribution >= 0.6 is 23.4 Å². The second-order valence-corrected chi connectivity index (χ2v) is 6.46. The number of thioether (sulfide) groups is 1. The fourth-order valence-corrected chi connectivity index (χ4v) is 3.10. The zero-order valence-corrected chi connectivity index (χ0v) is 14.5. The van der Waals surface area contributed by atoms with E-state index in [0.717, 1.165) is 23.6 Å². The van der Waals surface area contributed by atoms with E-state index >= 15 is 0 Å². The van der Waals surface area contributed by atoms with E-state index in [1.165, 1.54) is 0 Å². The Bertz CT molecular complexity index is 638. The quantitative estimate of drug-likeness (QED) is 0.730. The van der Waals surface area contributed by atoms with Gasteiger partial charge < -0.3 is 10.1 Å². The van der Waals surface area contributed by atoms with Crippen molar-refractivity contribution in [3.05, 3.63) is 53.3 Å². The van der Waals surface area contributed by atoms with Crippen LogP contribution in [-0.2, 0) is 11.2 Å². The monoisotopic (exact) mass is 350 g/mol. The third kappa shape index (κ3) is 6.12. The Morgan fingerprint density at radius 2 is 2.17 bits per heavy atom. The molecule has 6 heteroatoms. The highest BCUT2D eigenvalue weighted by Crippen LogP contribution is 2.27. The molecule has 1 aromatic heterocycles. The largest absolute Gasteiger partial charge is 0.495 e. The normalized spacial score (nSPS) is 10.3. The van der Waals surface area contributed by atoms with Gasteiger partial charge in [0.25, 0.3) is 0 Å². The maximum absolute atomic E-state index is 11.9. The predicted octanol–water partition coefficient (Wildman–Crippen LogP) is 4.05. The first-order valence-corrected chi connectivity index (χ1v) is 8.83. The second-order valence-electron chi connectivity index (χ2n) is 4.83. The lowest BCUT2D eigenvalue weighted by molar-refractivity contribution is -0.115. The highest BCUT2D eigenvalue weighted by molar-refractivity contribution is 7.99. The van der Waals surface area contributed by atoms with Crippen molar-refractivity contribution in [3.8, 4) is 5.75 Å². The molecule has 2 rings (SSSR count). The topological polar surface area (TPSA) is 51.2 Å². The highest BCUT2D eigenvalue weighted by atomic mass is 35.5. The minimum atomic E-state index is -0.0171. The van der Waals surface area contributed by atoms with Crippen molar-refractivity contribution < 1.29 is 9.53 Å². The molecule has 4 nitrogen and oxygen atoms in total. The van der Waals surface area contributed by atoms with Crippen LogP contribution in [0.15, 0.2) is 42.6 Å². The third-order valence-corrected chi connectivity index (χ3v) is 4.42. The lowest BCUT2D eigenvalue weighted by atomic mass is 10.3. The summed E-state index contributed by atoms with van der Waals surface area (Å²) in [6.45, 7) is 0. The Balaban J connectivity index is 1.66. The zero-order valence-electron chi connectivity index (χ0n) is 12.9. The van der Waals surface area contributed by atoms with Gasteiger partial charge in [-0.2, -0.15) is 11.8 Å². The maximum Gasteiger partial charge on any atom is 0.225 e. The number of carbonyl (C=O) groups is 1. The molecule has 1 aromatic carbocycles. The summed E-state index contributed by atoms with van der Waals surface area (Å²) in [6.07, 6.45) is 3.19. The van der Waals surface area contributed by atoms with Crippen molar-refractivity contribution in [2.75, 3.05) is 23.9 Å². The van der Waals surface area contributed by atoms with Crippen molar-refractivity contribution in [2.45, 2.75) is 12.8 Å². The van der Waals surface area contributed by atoms with Crippen LogP contribution in [0, 0.1) is 0 Å². The molecule has 0 saturated carbocycles. The molecule has 0 aliphatic carbocycles. The molecule has 0 bridgehead atoms. The van der Waals surface area contributed by atoms with E-state index in [4.69, 9.17) is 16.3 Å². The van der Waals surface area contributed by atoms with Crippen LogP contribution in [0.4, 0.5) is 5.69 Å². The molecule has 1 N–H and O–H groups in total. The van der Waals surface area contributed by atoms with Crippen LogP contribution in [0.5, 0.6) is 5.75 Å². The number of methoxy groups -OCH3 is 1. The number of benzene rings is 1. The van der Waals surface area contributed by atoms with Crippen LogP contribution < -0.4 is 10.1 Å². The summed E-state index contributed by atoms with van der Waals surface area (Å²) in [5.74, 6) is 2.31. The van der Waals surface area contributed by atoms with Crippen molar-refractivity contribution >= 4 is 35.0 Å². The molecule has 0 aliphatic rings. The molecule has 0 aliphatic heterocycles. The zero-order chi connectivity index (χ0) is 16.5. The maximum atomic E-state index is 11.9. The van der Waals surface area contributed by atoms with E-state index in [1.54, 1.807) is 43.3 Å². The highest BCUT2D eigenvalue weighted by Gasteiger charge is 2.06. The number of ether oxygens (including phenoxy) is 1. The Hall–Kier alpha value is -1.72. The molecule has 0 fully saturated rings. The molecule has 0 spiro atoms. The molecular formula is C17H19ClN2O2S. The average Bonchev–Trinajstić information content (AvgIpc) is 2.56. The van der Waals surface area contributed by atoms with Gasteiger partial charge in [-0.15, -0.1) is 0 Å². The van der Waals surface area contributed by atoms with Gasteiger partial charge in [0.1, 0.15) is 5.75 Å². The van der Waals surface area contributed by atoms with Crippen LogP contribution in [0.25, 0.3) is 0 Å². The number of nitrogens with zero attached hydrogens (tertiary/aromatic N) is 1. The van der Waals surface area contributed by atoms with E-state index in [0.29, 0.717) is 22.9 Å². The van der Waals surface area contributed by atoms with Gasteiger partial charge in [-0.05, 0) is 42.5 Å². The Kier molecular flexibility index (Phi) is 7.23. The van der Waals surface area contributed by atoms with Crippen LogP contribution in [0.2, 0.25) is 5.02 Å². The first-order chi connectivity index (χ1) is 11.2. The average molecular weight is 351 g/mol. The molecule has 0 saturated heterocycles. The number of anilines is 1. The van der Waals surface area contributed by atoms with Gasteiger partial charge in [-0.1, -0.05) is 17.7 Å². The van der Waals surface area contributed by atoms with Crippen LogP contribution in [0.1, 0.15) is 12.1 Å². The standard InChI is InChI=1S/C17H19ClN2O2S/c1-22-16-6-5-14(12-15(16)18)20-17(21)8-11-23-10-7-13-4-2-3-9-19-13/h2-6,9,12H,7-8,10-11H2,1H3,(H,20,21). The molecule has 0 radical (unpaired) electrons. The van der Waals surface area contributed by atoms with E-state index in [1.807, 2.05) is 18.2 Å². The second kappa shape index (κ2) is 9.43. The number of rotatable bonds is 8. The molecule has 0 atom stereocenters. The molecule has 0 unspecified atom stereocenters. The summed E-state index contributed by atoms with van der Waals surface area (Å²) in [5, 5.41) is 3.32. The summed E-state index contributed by atoms with van der Waals surface area (Å²) in [5.41, 5.74) is 1.76. The predicted molar refractivity (Wildman–Crippen MR) is 96.5 cm³/mol. The van der Waals surface area contributed by atoms with E-state index < -0.39 is 0 Å². The van der Waals surface area contributed by atoms with Gasteiger partial charge >= 0.3 is 0 Å². The van der Waals surface area contributed by atoms with Gasteiger partial charge in [-0.25, -0.2) is 0 Å². The SMILES string of the molecule is COc1ccc(NC(=O)CCSCCc2ccccn2)cc1Cl. The van der Waals surface area contributed by atoms with Gasteiger partial charge in [0.2, 0.25) is 5.91 Å². The lowest BCUT2D eigenvalue weighted by Crippen LogP contribution is -2.12. The molecule has 122 valence electrons. The number of amides is 1. The van der Waals surface area contributed by atoms with Crippen LogP contribution in [-0.4, -0.2) is 29.5 Å². The fourth-order valence-electron chi connectivity index (χ4n) is 1.96. The minimum absolute atomic E-state index is 0.0171.